The van der Waals surface area contributed by atoms with E-state index in [-0.39, 0.29) is 10.6 Å². The van der Waals surface area contributed by atoms with Crippen molar-refractivity contribution in [2.75, 3.05) is 18.0 Å². The predicted molar refractivity (Wildman–Crippen MR) is 86.1 cm³/mol. The zero-order valence-corrected chi connectivity index (χ0v) is 13.8. The molecule has 24 heavy (non-hydrogen) atoms. The molecule has 7 nitrogen and oxygen atoms in total. The first-order chi connectivity index (χ1) is 11.5. The van der Waals surface area contributed by atoms with Crippen LogP contribution in [-0.2, 0) is 21.2 Å². The van der Waals surface area contributed by atoms with Crippen molar-refractivity contribution in [1.29, 1.82) is 5.26 Å². The highest BCUT2D eigenvalue weighted by atomic mass is 32.2. The number of anilines is 1. The van der Waals surface area contributed by atoms with Gasteiger partial charge in [-0.15, -0.1) is 0 Å². The van der Waals surface area contributed by atoms with Gasteiger partial charge in [0.05, 0.1) is 24.4 Å². The summed E-state index contributed by atoms with van der Waals surface area (Å²) in [6, 6.07) is 8.29. The number of nitrogens with one attached hydrogen (secondary N) is 1. The van der Waals surface area contributed by atoms with Crippen LogP contribution in [0.25, 0.3) is 0 Å². The SMILES string of the molecule is COC(=O)c1cc(S(=O)(=O)N2CCCc3cc(C#N)ccc32)c[nH]1. The van der Waals surface area contributed by atoms with Crippen LogP contribution in [0.3, 0.4) is 0 Å². The number of ether oxygens (including phenoxy) is 1. The zero-order valence-electron chi connectivity index (χ0n) is 12.9. The number of aromatic amines is 1. The van der Waals surface area contributed by atoms with E-state index in [0.717, 1.165) is 12.0 Å². The molecule has 0 atom stereocenters. The first kappa shape index (κ1) is 16.1. The van der Waals surface area contributed by atoms with E-state index in [1.807, 2.05) is 0 Å². The van der Waals surface area contributed by atoms with Crippen molar-refractivity contribution in [3.05, 3.63) is 47.3 Å². The number of rotatable bonds is 3. The van der Waals surface area contributed by atoms with Crippen molar-refractivity contribution in [3.63, 3.8) is 0 Å². The molecule has 2 aromatic rings. The molecule has 0 unspecified atom stereocenters. The van der Waals surface area contributed by atoms with E-state index in [9.17, 15) is 13.2 Å². The van der Waals surface area contributed by atoms with Gasteiger partial charge in [0.1, 0.15) is 10.6 Å². The number of esters is 1. The number of benzene rings is 1. The molecule has 0 radical (unpaired) electrons. The zero-order chi connectivity index (χ0) is 17.3. The molecule has 1 aliphatic rings. The summed E-state index contributed by atoms with van der Waals surface area (Å²) in [5, 5.41) is 8.99. The third kappa shape index (κ3) is 2.63. The maximum atomic E-state index is 12.9. The molecule has 0 spiro atoms. The molecule has 0 aliphatic carbocycles. The second-order valence-corrected chi connectivity index (χ2v) is 7.24. The van der Waals surface area contributed by atoms with Crippen LogP contribution in [0.4, 0.5) is 5.69 Å². The number of carbonyl (C=O) groups excluding carboxylic acids is 1. The number of sulfonamides is 1. The second kappa shape index (κ2) is 6.02. The lowest BCUT2D eigenvalue weighted by Crippen LogP contribution is -2.35. The Bertz CT molecular complexity index is 940. The quantitative estimate of drug-likeness (QED) is 0.855. The highest BCUT2D eigenvalue weighted by molar-refractivity contribution is 7.92. The van der Waals surface area contributed by atoms with Crippen LogP contribution in [0.15, 0.2) is 35.4 Å². The molecule has 1 aliphatic heterocycles. The van der Waals surface area contributed by atoms with E-state index < -0.39 is 16.0 Å². The maximum Gasteiger partial charge on any atom is 0.354 e. The van der Waals surface area contributed by atoms with Gasteiger partial charge in [0, 0.05) is 12.7 Å². The summed E-state index contributed by atoms with van der Waals surface area (Å²) in [4.78, 5) is 14.1. The Morgan fingerprint density at radius 1 is 1.38 bits per heavy atom. The average Bonchev–Trinajstić information content (AvgIpc) is 3.10. The van der Waals surface area contributed by atoms with Crippen LogP contribution in [0, 0.1) is 11.3 Å². The first-order valence-electron chi connectivity index (χ1n) is 7.30. The number of fused-ring (bicyclic) bond motifs is 1. The molecule has 0 fully saturated rings. The monoisotopic (exact) mass is 345 g/mol. The van der Waals surface area contributed by atoms with Gasteiger partial charge < -0.3 is 9.72 Å². The summed E-state index contributed by atoms with van der Waals surface area (Å²) in [7, 11) is -2.58. The fourth-order valence-corrected chi connectivity index (χ4v) is 4.30. The van der Waals surface area contributed by atoms with E-state index in [1.165, 1.54) is 23.7 Å². The highest BCUT2D eigenvalue weighted by Gasteiger charge is 2.30. The van der Waals surface area contributed by atoms with Gasteiger partial charge in [-0.3, -0.25) is 4.31 Å². The summed E-state index contributed by atoms with van der Waals surface area (Å²) in [6.07, 6.45) is 2.66. The molecule has 1 aromatic carbocycles. The Balaban J connectivity index is 2.02. The largest absolute Gasteiger partial charge is 0.464 e. The van der Waals surface area contributed by atoms with Crippen molar-refractivity contribution in [1.82, 2.24) is 4.98 Å². The van der Waals surface area contributed by atoms with Gasteiger partial charge in [0.15, 0.2) is 0 Å². The van der Waals surface area contributed by atoms with Crippen LogP contribution >= 0.6 is 0 Å². The number of nitrogens with zero attached hydrogens (tertiary/aromatic N) is 2. The van der Waals surface area contributed by atoms with E-state index >= 15 is 0 Å². The molecular formula is C16H15N3O4S. The van der Waals surface area contributed by atoms with Gasteiger partial charge in [0.2, 0.25) is 0 Å². The Kier molecular flexibility index (Phi) is 4.03. The second-order valence-electron chi connectivity index (χ2n) is 5.38. The van der Waals surface area contributed by atoms with Crippen LogP contribution in [0.2, 0.25) is 0 Å². The summed E-state index contributed by atoms with van der Waals surface area (Å²) in [5.41, 5.74) is 1.98. The fourth-order valence-electron chi connectivity index (χ4n) is 2.76. The van der Waals surface area contributed by atoms with Crippen molar-refractivity contribution in [3.8, 4) is 6.07 Å². The minimum absolute atomic E-state index is 0.000102. The molecule has 0 saturated heterocycles. The smallest absolute Gasteiger partial charge is 0.354 e. The molecular weight excluding hydrogens is 330 g/mol. The maximum absolute atomic E-state index is 12.9. The van der Waals surface area contributed by atoms with Crippen LogP contribution in [-0.4, -0.2) is 33.0 Å². The Morgan fingerprint density at radius 2 is 2.17 bits per heavy atom. The molecule has 124 valence electrons. The van der Waals surface area contributed by atoms with Gasteiger partial charge in [-0.1, -0.05) is 0 Å². The number of aromatic nitrogens is 1. The van der Waals surface area contributed by atoms with E-state index in [4.69, 9.17) is 5.26 Å². The van der Waals surface area contributed by atoms with Crippen LogP contribution < -0.4 is 4.31 Å². The molecule has 1 aromatic heterocycles. The van der Waals surface area contributed by atoms with Crippen molar-refractivity contribution in [2.45, 2.75) is 17.7 Å². The average molecular weight is 345 g/mol. The summed E-state index contributed by atoms with van der Waals surface area (Å²) in [6.45, 7) is 0.347. The topological polar surface area (TPSA) is 103 Å². The Morgan fingerprint density at radius 3 is 2.88 bits per heavy atom. The van der Waals surface area contributed by atoms with E-state index in [0.29, 0.717) is 24.2 Å². The lowest BCUT2D eigenvalue weighted by Gasteiger charge is -2.30. The number of carbonyl (C=O) groups is 1. The van der Waals surface area contributed by atoms with Gasteiger partial charge >= 0.3 is 5.97 Å². The van der Waals surface area contributed by atoms with E-state index in [1.54, 1.807) is 18.2 Å². The molecule has 0 amide bonds. The molecule has 3 rings (SSSR count). The predicted octanol–water partition coefficient (Wildman–Crippen LogP) is 1.81. The van der Waals surface area contributed by atoms with Crippen molar-refractivity contribution in [2.24, 2.45) is 0 Å². The van der Waals surface area contributed by atoms with E-state index in [2.05, 4.69) is 15.8 Å². The number of H-pyrrole nitrogens is 1. The first-order valence-corrected chi connectivity index (χ1v) is 8.74. The summed E-state index contributed by atoms with van der Waals surface area (Å²) < 4.78 is 31.7. The summed E-state index contributed by atoms with van der Waals surface area (Å²) in [5.74, 6) is -0.630. The lowest BCUT2D eigenvalue weighted by atomic mass is 10.0. The number of aryl methyl sites for hydroxylation is 1. The van der Waals surface area contributed by atoms with Crippen LogP contribution in [0.5, 0.6) is 0 Å². The van der Waals surface area contributed by atoms with Crippen LogP contribution in [0.1, 0.15) is 28.0 Å². The number of hydrogen-bond acceptors (Lipinski definition) is 5. The molecule has 8 heteroatoms. The highest BCUT2D eigenvalue weighted by Crippen LogP contribution is 2.32. The standard InChI is InChI=1S/C16H15N3O4S/c1-23-16(20)14-8-13(10-18-14)24(21,22)19-6-2-3-12-7-11(9-17)4-5-15(12)19/h4-5,7-8,10,18H,2-3,6H2,1H3. The molecule has 0 saturated carbocycles. The minimum Gasteiger partial charge on any atom is -0.464 e. The number of nitriles is 1. The normalized spacial score (nSPS) is 13.9. The number of methoxy groups -OCH3 is 1. The van der Waals surface area contributed by atoms with Gasteiger partial charge in [-0.05, 0) is 42.7 Å². The van der Waals surface area contributed by atoms with Gasteiger partial charge in [-0.2, -0.15) is 5.26 Å². The lowest BCUT2D eigenvalue weighted by molar-refractivity contribution is 0.0594. The minimum atomic E-state index is -3.80. The molecule has 2 heterocycles. The number of hydrogen-bond donors (Lipinski definition) is 1. The van der Waals surface area contributed by atoms with Gasteiger partial charge in [0.25, 0.3) is 10.0 Å². The van der Waals surface area contributed by atoms with Crippen molar-refractivity contribution >= 4 is 21.7 Å². The fraction of sp³-hybridized carbons (Fsp3) is 0.250. The Hall–Kier alpha value is -2.79. The van der Waals surface area contributed by atoms with Gasteiger partial charge in [-0.25, -0.2) is 13.2 Å². The third-order valence-electron chi connectivity index (χ3n) is 3.93. The molecule has 1 N–H and O–H groups in total. The summed E-state index contributed by atoms with van der Waals surface area (Å²) >= 11 is 0. The van der Waals surface area contributed by atoms with Crippen molar-refractivity contribution < 1.29 is 17.9 Å². The third-order valence-corrected chi connectivity index (χ3v) is 5.73. The molecule has 0 bridgehead atoms. The Labute approximate surface area is 139 Å².